The second kappa shape index (κ2) is 15.4. The van der Waals surface area contributed by atoms with E-state index in [1.807, 2.05) is 41.5 Å². The van der Waals surface area contributed by atoms with Crippen LogP contribution in [0.2, 0.25) is 33.2 Å². The second-order valence-electron chi connectivity index (χ2n) is 15.2. The van der Waals surface area contributed by atoms with Gasteiger partial charge in [0.15, 0.2) is 12.2 Å². The zero-order valence-corrected chi connectivity index (χ0v) is 32.8. The zero-order chi connectivity index (χ0) is 36.5. The Bertz CT molecular complexity index is 1020. The summed E-state index contributed by atoms with van der Waals surface area (Å²) >= 11 is 0. The van der Waals surface area contributed by atoms with Crippen LogP contribution in [0.4, 0.5) is 22.4 Å². The molecule has 2 fully saturated rings. The molecule has 2 rings (SSSR count). The number of alkyl halides is 4. The number of hydrogen-bond acceptors (Lipinski definition) is 6. The number of nitrogens with zero attached hydrogens (tertiary/aromatic N) is 1. The molecule has 0 bridgehead atoms. The van der Waals surface area contributed by atoms with E-state index in [4.69, 9.17) is 13.6 Å². The molecule has 2 aliphatic rings. The fourth-order valence-electron chi connectivity index (χ4n) is 7.67. The molecule has 0 aromatic rings. The molecule has 0 aliphatic carbocycles. The van der Waals surface area contributed by atoms with Crippen LogP contribution in [0.5, 0.6) is 0 Å². The topological polar surface area (TPSA) is 94.2 Å². The minimum Gasteiger partial charge on any atom is -0.446 e. The molecule has 0 saturated carbocycles. The van der Waals surface area contributed by atoms with Crippen LogP contribution >= 0.6 is 0 Å². The quantitative estimate of drug-likeness (QED) is 0.117. The molecule has 8 nitrogen and oxygen atoms in total. The van der Waals surface area contributed by atoms with E-state index in [0.29, 0.717) is 11.8 Å². The number of likely N-dealkylation sites (tertiary alicyclic amines) is 1. The summed E-state index contributed by atoms with van der Waals surface area (Å²) in [4.78, 5) is 36.9. The maximum Gasteiger partial charge on any atom is 0.417 e. The first-order chi connectivity index (χ1) is 20.6. The van der Waals surface area contributed by atoms with Gasteiger partial charge in [-0.1, -0.05) is 83.1 Å². The third kappa shape index (κ3) is 8.55. The van der Waals surface area contributed by atoms with Crippen molar-refractivity contribution in [1.29, 1.82) is 0 Å². The lowest BCUT2D eigenvalue weighted by Gasteiger charge is -2.52. The van der Waals surface area contributed by atoms with E-state index < -0.39 is 76.8 Å². The summed E-state index contributed by atoms with van der Waals surface area (Å²) in [6.45, 7) is 29.2. The van der Waals surface area contributed by atoms with Gasteiger partial charge in [0.05, 0.1) is 6.10 Å². The number of carbonyl (C=O) groups is 3. The van der Waals surface area contributed by atoms with Crippen LogP contribution in [-0.2, 0) is 23.2 Å². The number of carbonyl (C=O) groups excluding carboxylic acids is 3. The van der Waals surface area contributed by atoms with Gasteiger partial charge in [-0.15, -0.1) is 0 Å². The smallest absolute Gasteiger partial charge is 0.417 e. The monoisotopic (exact) mass is 700 g/mol. The van der Waals surface area contributed by atoms with Gasteiger partial charge in [-0.25, -0.2) is 27.3 Å². The summed E-state index contributed by atoms with van der Waals surface area (Å²) in [6, 6.07) is -2.83. The van der Waals surface area contributed by atoms with Crippen molar-refractivity contribution in [3.8, 4) is 0 Å². The van der Waals surface area contributed by atoms with Gasteiger partial charge in [-0.3, -0.25) is 9.59 Å². The zero-order valence-electron chi connectivity index (χ0n) is 30.8. The summed E-state index contributed by atoms with van der Waals surface area (Å²) in [7, 11) is -4.87. The summed E-state index contributed by atoms with van der Waals surface area (Å²) in [6.07, 6.45) is -3.86. The largest absolute Gasteiger partial charge is 0.446 e. The highest BCUT2D eigenvalue weighted by molar-refractivity contribution is 6.78. The van der Waals surface area contributed by atoms with Gasteiger partial charge in [0.2, 0.25) is 16.6 Å². The predicted molar refractivity (Wildman–Crippen MR) is 177 cm³/mol. The van der Waals surface area contributed by atoms with E-state index in [1.165, 1.54) is 0 Å². The summed E-state index contributed by atoms with van der Waals surface area (Å²) in [5, 5.41) is 2.28. The van der Waals surface area contributed by atoms with Gasteiger partial charge >= 0.3 is 6.09 Å². The number of amides is 3. The van der Waals surface area contributed by atoms with E-state index in [0.717, 1.165) is 6.92 Å². The van der Waals surface area contributed by atoms with E-state index in [9.17, 15) is 31.9 Å². The molecule has 1 N–H and O–H groups in total. The number of nitrogens with one attached hydrogen (secondary N) is 1. The Balaban J connectivity index is 0.000000476. The van der Waals surface area contributed by atoms with Gasteiger partial charge in [0.25, 0.3) is 23.7 Å². The molecule has 4 atom stereocenters. The minimum absolute atomic E-state index is 0.137. The highest BCUT2D eigenvalue weighted by Crippen LogP contribution is 2.47. The normalized spacial score (nSPS) is 22.9. The Morgan fingerprint density at radius 1 is 0.674 bits per heavy atom. The molecule has 46 heavy (non-hydrogen) atoms. The highest BCUT2D eigenvalue weighted by atomic mass is 28.4. The van der Waals surface area contributed by atoms with Crippen LogP contribution in [0.15, 0.2) is 0 Å². The van der Waals surface area contributed by atoms with Crippen molar-refractivity contribution in [2.75, 3.05) is 0 Å². The standard InChI is InChI=1S/C18H33F2NO4Si.C14H27F2NO2Si/c1-10(2)24-17(23)21-15(18(9,19)20)14(16(21)22)25-26(11(3)4,12(5)6)13(7)8;1-8(2)20(9(3)4,10(5)6)19-11-12(14(7,15)16)17-13(11)18/h10-15H,1-9H3;8-12H,1-7H3,(H,17,18)/t14-,15-;11-,12-/m11/s1. The van der Waals surface area contributed by atoms with E-state index in [1.54, 1.807) is 13.8 Å². The number of ether oxygens (including phenoxy) is 1. The molecular weight excluding hydrogens is 641 g/mol. The molecule has 2 saturated heterocycles. The molecule has 3 amide bonds. The Hall–Kier alpha value is -1.52. The Morgan fingerprint density at radius 2 is 1.02 bits per heavy atom. The Kier molecular flexibility index (Phi) is 14.2. The van der Waals surface area contributed by atoms with Gasteiger partial charge in [0, 0.05) is 13.8 Å². The first-order valence-corrected chi connectivity index (χ1v) is 20.8. The molecule has 2 heterocycles. The van der Waals surface area contributed by atoms with E-state index in [2.05, 4.69) is 46.9 Å². The number of imide groups is 1. The van der Waals surface area contributed by atoms with Crippen LogP contribution in [-0.4, -0.2) is 81.7 Å². The van der Waals surface area contributed by atoms with Gasteiger partial charge in [-0.05, 0) is 47.1 Å². The average molecular weight is 701 g/mol. The summed E-state index contributed by atoms with van der Waals surface area (Å²) in [5.74, 6) is -7.38. The minimum atomic E-state index is -3.28. The van der Waals surface area contributed by atoms with Crippen molar-refractivity contribution in [3.05, 3.63) is 0 Å². The Morgan fingerprint density at radius 3 is 1.28 bits per heavy atom. The lowest BCUT2D eigenvalue weighted by molar-refractivity contribution is -0.188. The number of hydrogen-bond donors (Lipinski definition) is 1. The molecule has 0 aromatic heterocycles. The molecule has 14 heteroatoms. The predicted octanol–water partition coefficient (Wildman–Crippen LogP) is 8.66. The van der Waals surface area contributed by atoms with Crippen molar-refractivity contribution in [1.82, 2.24) is 10.2 Å². The van der Waals surface area contributed by atoms with Crippen LogP contribution in [0.25, 0.3) is 0 Å². The fourth-order valence-corrected chi connectivity index (χ4v) is 18.7. The van der Waals surface area contributed by atoms with Crippen molar-refractivity contribution in [3.63, 3.8) is 0 Å². The molecule has 0 aromatic carbocycles. The van der Waals surface area contributed by atoms with Crippen molar-refractivity contribution < 1.29 is 45.5 Å². The second-order valence-corrected chi connectivity index (χ2v) is 26.0. The van der Waals surface area contributed by atoms with Gasteiger partial charge in [0.1, 0.15) is 12.1 Å². The van der Waals surface area contributed by atoms with Gasteiger partial charge < -0.3 is 18.9 Å². The number of rotatable bonds is 13. The fraction of sp³-hybridized carbons (Fsp3) is 0.906. The third-order valence-corrected chi connectivity index (χ3v) is 21.7. The lowest BCUT2D eigenvalue weighted by atomic mass is 9.93. The molecule has 0 unspecified atom stereocenters. The molecule has 2 aliphatic heterocycles. The first kappa shape index (κ1) is 42.5. The maximum absolute atomic E-state index is 14.3. The van der Waals surface area contributed by atoms with Crippen molar-refractivity contribution in [2.24, 2.45) is 0 Å². The number of β-lactam (4-membered cyclic amide) rings is 2. The van der Waals surface area contributed by atoms with E-state index in [-0.39, 0.29) is 33.2 Å². The SMILES string of the molecule is CC(C)OC(=O)N1C(=O)[C@H](O[Si](C(C)C)(C(C)C)C(C)C)[C@@H]1C(C)(F)F.CC(C)[Si](O[C@H]1C(=O)N[C@H]1C(C)(F)F)(C(C)C)C(C)C. The number of halogens is 4. The first-order valence-electron chi connectivity index (χ1n) is 16.6. The third-order valence-electron chi connectivity index (χ3n) is 9.58. The Labute approximate surface area is 276 Å². The molecule has 270 valence electrons. The molecule has 0 spiro atoms. The van der Waals surface area contributed by atoms with Crippen LogP contribution in [0.3, 0.4) is 0 Å². The van der Waals surface area contributed by atoms with Crippen molar-refractivity contribution >= 4 is 34.5 Å². The molecular formula is C32H60F4N2O6Si2. The van der Waals surface area contributed by atoms with E-state index >= 15 is 0 Å². The summed E-state index contributed by atoms with van der Waals surface area (Å²) in [5.41, 5.74) is 1.21. The van der Waals surface area contributed by atoms with Crippen LogP contribution in [0.1, 0.15) is 111 Å². The molecule has 0 radical (unpaired) electrons. The lowest BCUT2D eigenvalue weighted by Crippen LogP contribution is -2.75. The van der Waals surface area contributed by atoms with Crippen molar-refractivity contribution in [2.45, 2.75) is 186 Å². The average Bonchev–Trinajstić information content (AvgIpc) is 2.83. The summed E-state index contributed by atoms with van der Waals surface area (Å²) < 4.78 is 72.9. The highest BCUT2D eigenvalue weighted by Gasteiger charge is 2.64. The maximum atomic E-state index is 14.3. The van der Waals surface area contributed by atoms with Crippen LogP contribution < -0.4 is 5.32 Å². The van der Waals surface area contributed by atoms with Crippen LogP contribution in [0, 0.1) is 0 Å². The van der Waals surface area contributed by atoms with Gasteiger partial charge in [-0.2, -0.15) is 0 Å².